The molecule has 3 rings (SSSR count). The molecule has 0 bridgehead atoms. The summed E-state index contributed by atoms with van der Waals surface area (Å²) in [7, 11) is -1.35. The van der Waals surface area contributed by atoms with Crippen molar-refractivity contribution in [2.75, 3.05) is 25.1 Å². The van der Waals surface area contributed by atoms with E-state index in [1.807, 2.05) is 0 Å². The van der Waals surface area contributed by atoms with Crippen molar-refractivity contribution in [2.45, 2.75) is 44.3 Å². The predicted octanol–water partition coefficient (Wildman–Crippen LogP) is -1.49. The van der Waals surface area contributed by atoms with E-state index < -0.39 is 39.0 Å². The average Bonchev–Trinajstić information content (AvgIpc) is 3.14. The molecule has 1 aliphatic heterocycles. The second-order valence-corrected chi connectivity index (χ2v) is 8.54. The van der Waals surface area contributed by atoms with Crippen LogP contribution in [-0.2, 0) is 20.9 Å². The maximum Gasteiger partial charge on any atom is 0.469 e. The van der Waals surface area contributed by atoms with Crippen molar-refractivity contribution in [3.63, 3.8) is 0 Å². The molecule has 0 aromatic carbocycles. The van der Waals surface area contributed by atoms with Gasteiger partial charge in [0.25, 0.3) is 11.5 Å². The highest BCUT2D eigenvalue weighted by atomic mass is 31.2. The minimum atomic E-state index is -4.77. The summed E-state index contributed by atoms with van der Waals surface area (Å²) in [5.41, 5.74) is 0.0873. The number of nitrogens with one attached hydrogen (secondary N) is 1. The number of aliphatic hydroxyl groups is 2. The number of nitrogens with zero attached hydrogens (tertiary/aromatic N) is 4. The van der Waals surface area contributed by atoms with Crippen molar-refractivity contribution in [2.24, 2.45) is 7.05 Å². The van der Waals surface area contributed by atoms with Crippen LogP contribution in [-0.4, -0.2) is 73.0 Å². The third-order valence-corrected chi connectivity index (χ3v) is 5.47. The van der Waals surface area contributed by atoms with E-state index in [2.05, 4.69) is 21.4 Å². The largest absolute Gasteiger partial charge is 0.469 e. The number of unbranched alkanes of at least 4 members (excludes halogenated alkanes) is 1. The molecule has 0 amide bonds. The van der Waals surface area contributed by atoms with E-state index in [-0.39, 0.29) is 16.7 Å². The number of aromatic amines is 1. The highest BCUT2D eigenvalue weighted by Crippen LogP contribution is 2.37. The molecule has 3 heterocycles. The van der Waals surface area contributed by atoms with Gasteiger partial charge in [-0.1, -0.05) is 18.3 Å². The molecule has 5 N–H and O–H groups in total. The van der Waals surface area contributed by atoms with E-state index in [1.54, 1.807) is 19.0 Å². The number of fused-ring (bicyclic) bond motifs is 1. The Balaban J connectivity index is 1.96. The van der Waals surface area contributed by atoms with Gasteiger partial charge in [0, 0.05) is 13.6 Å². The molecule has 1 saturated heterocycles. The first-order chi connectivity index (χ1) is 14.0. The number of imidazole rings is 1. The molecule has 2 aromatic rings. The topological polar surface area (TPSA) is 174 Å². The Morgan fingerprint density at radius 2 is 2.10 bits per heavy atom. The van der Waals surface area contributed by atoms with Crippen molar-refractivity contribution in [3.8, 4) is 0 Å². The van der Waals surface area contributed by atoms with Gasteiger partial charge in [0.2, 0.25) is 11.7 Å². The number of ether oxygens (including phenoxy) is 1. The number of aliphatic hydroxyl groups excluding tert-OH is 2. The summed E-state index contributed by atoms with van der Waals surface area (Å²) >= 11 is 0. The van der Waals surface area contributed by atoms with Gasteiger partial charge in [0.05, 0.1) is 13.7 Å². The van der Waals surface area contributed by atoms with Crippen LogP contribution in [0.2, 0.25) is 0 Å². The second-order valence-electron chi connectivity index (χ2n) is 7.30. The first-order valence-electron chi connectivity index (χ1n) is 9.46. The molecule has 14 heteroatoms. The summed E-state index contributed by atoms with van der Waals surface area (Å²) in [5, 5.41) is 20.7. The lowest BCUT2D eigenvalue weighted by molar-refractivity contribution is -0.745. The zero-order valence-electron chi connectivity index (χ0n) is 16.9. The van der Waals surface area contributed by atoms with Crippen LogP contribution in [0, 0.1) is 0 Å². The molecule has 1 aliphatic rings. The summed E-state index contributed by atoms with van der Waals surface area (Å²) in [6, 6.07) is 0. The molecule has 0 aliphatic carbocycles. The lowest BCUT2D eigenvalue weighted by Crippen LogP contribution is -2.46. The quantitative estimate of drug-likeness (QED) is 0.236. The van der Waals surface area contributed by atoms with Crippen molar-refractivity contribution in [3.05, 3.63) is 16.7 Å². The fraction of sp³-hybridized carbons (Fsp3) is 0.688. The molecule has 2 aromatic heterocycles. The summed E-state index contributed by atoms with van der Waals surface area (Å²) in [5.74, 6) is 0.343. The van der Waals surface area contributed by atoms with Gasteiger partial charge >= 0.3 is 13.5 Å². The summed E-state index contributed by atoms with van der Waals surface area (Å²) in [6.45, 7) is 2.11. The van der Waals surface area contributed by atoms with Crippen LogP contribution < -0.4 is 15.0 Å². The van der Waals surface area contributed by atoms with Crippen LogP contribution in [0.3, 0.4) is 0 Å². The number of aryl methyl sites for hydroxylation is 1. The van der Waals surface area contributed by atoms with Crippen LogP contribution in [0.25, 0.3) is 11.2 Å². The molecule has 0 saturated carbocycles. The highest BCUT2D eigenvalue weighted by Gasteiger charge is 2.47. The zero-order valence-corrected chi connectivity index (χ0v) is 17.8. The number of H-pyrrole nitrogens is 1. The smallest absolute Gasteiger partial charge is 0.387 e. The number of hydrogen-bond donors (Lipinski definition) is 5. The van der Waals surface area contributed by atoms with E-state index in [0.29, 0.717) is 12.5 Å². The maximum absolute atomic E-state index is 12.6. The summed E-state index contributed by atoms with van der Waals surface area (Å²) < 4.78 is 23.9. The Kier molecular flexibility index (Phi) is 6.63. The molecule has 0 spiro atoms. The van der Waals surface area contributed by atoms with Crippen molar-refractivity contribution >= 4 is 24.9 Å². The fourth-order valence-corrected chi connectivity index (χ4v) is 3.72. The Bertz CT molecular complexity index is 1000. The van der Waals surface area contributed by atoms with E-state index >= 15 is 0 Å². The number of aromatic nitrogens is 4. The minimum absolute atomic E-state index is 0.229. The van der Waals surface area contributed by atoms with Crippen molar-refractivity contribution in [1.82, 2.24) is 14.5 Å². The van der Waals surface area contributed by atoms with Gasteiger partial charge in [-0.25, -0.2) is 9.13 Å². The van der Waals surface area contributed by atoms with Gasteiger partial charge in [-0.05, 0) is 6.42 Å². The number of anilines is 1. The Morgan fingerprint density at radius 1 is 1.40 bits per heavy atom. The molecule has 13 nitrogen and oxygen atoms in total. The Labute approximate surface area is 171 Å². The number of phosphoric ester groups is 1. The molecule has 168 valence electrons. The molecule has 30 heavy (non-hydrogen) atoms. The SMILES string of the molecule is CCCCN(C)c1nc2c(c(=O)[nH]1)n(C)c[n+]2[C@@H]1O[C@H](COP(=O)(O)O)[C@@H](O)[C@H]1O. The standard InChI is InChI=1S/C16H26N5O8P/c1-4-5-6-19(2)16-17-13-10(14(24)18-16)20(3)8-21(13)15-12(23)11(22)9(29-15)7-28-30(25,26)27/h8-9,11-12,15,22-23H,4-7H2,1-3H3,(H2-,17,18,24,25,26,27)/p+1/t9-,11-,12-,15-/m1/s1. The highest BCUT2D eigenvalue weighted by molar-refractivity contribution is 7.46. The second kappa shape index (κ2) is 8.71. The monoisotopic (exact) mass is 448 g/mol. The van der Waals surface area contributed by atoms with Gasteiger partial charge in [0.1, 0.15) is 18.3 Å². The fourth-order valence-electron chi connectivity index (χ4n) is 3.38. The van der Waals surface area contributed by atoms with E-state index in [4.69, 9.17) is 14.5 Å². The lowest BCUT2D eigenvalue weighted by atomic mass is 10.1. The Morgan fingerprint density at radius 3 is 2.73 bits per heavy atom. The first-order valence-corrected chi connectivity index (χ1v) is 11.0. The minimum Gasteiger partial charge on any atom is -0.387 e. The van der Waals surface area contributed by atoms with Crippen LogP contribution in [0.15, 0.2) is 11.1 Å². The summed E-state index contributed by atoms with van der Waals surface area (Å²) in [6.07, 6.45) is -1.85. The average molecular weight is 448 g/mol. The predicted molar refractivity (Wildman–Crippen MR) is 104 cm³/mol. The van der Waals surface area contributed by atoms with Crippen molar-refractivity contribution in [1.29, 1.82) is 0 Å². The number of phosphoric acid groups is 1. The zero-order chi connectivity index (χ0) is 22.2. The molecule has 1 fully saturated rings. The molecule has 0 unspecified atom stereocenters. The molecule has 0 radical (unpaired) electrons. The van der Waals surface area contributed by atoms with Crippen LogP contribution in [0.4, 0.5) is 5.95 Å². The van der Waals surface area contributed by atoms with Gasteiger partial charge < -0.3 is 29.6 Å². The van der Waals surface area contributed by atoms with Gasteiger partial charge in [-0.2, -0.15) is 0 Å². The van der Waals surface area contributed by atoms with Crippen LogP contribution in [0.1, 0.15) is 26.0 Å². The third-order valence-electron chi connectivity index (χ3n) is 4.99. The van der Waals surface area contributed by atoms with Crippen molar-refractivity contribution < 1.29 is 38.4 Å². The lowest BCUT2D eigenvalue weighted by Gasteiger charge is -2.15. The van der Waals surface area contributed by atoms with Crippen LogP contribution in [0.5, 0.6) is 0 Å². The van der Waals surface area contributed by atoms with E-state index in [0.717, 1.165) is 12.8 Å². The number of rotatable bonds is 8. The van der Waals surface area contributed by atoms with E-state index in [9.17, 15) is 19.6 Å². The first kappa shape index (κ1) is 22.8. The summed E-state index contributed by atoms with van der Waals surface area (Å²) in [4.78, 5) is 39.4. The Hall–Kier alpha value is -1.86. The van der Waals surface area contributed by atoms with Gasteiger partial charge in [-0.15, -0.1) is 0 Å². The van der Waals surface area contributed by atoms with E-state index in [1.165, 1.54) is 15.5 Å². The molecular weight excluding hydrogens is 421 g/mol. The maximum atomic E-state index is 12.6. The van der Waals surface area contributed by atoms with Gasteiger partial charge in [-0.3, -0.25) is 18.9 Å². The third kappa shape index (κ3) is 4.57. The van der Waals surface area contributed by atoms with Crippen LogP contribution >= 0.6 is 7.82 Å². The van der Waals surface area contributed by atoms with Gasteiger partial charge in [0.15, 0.2) is 6.33 Å². The molecule has 4 atom stereocenters. The molecular formula is C16H27N5O8P+. The number of hydrogen-bond acceptors (Lipinski definition) is 8. The normalized spacial score (nSPS) is 24.6.